The molecule has 0 spiro atoms. The molecular formula is C18H18N4O4S. The maximum absolute atomic E-state index is 12.1. The van der Waals surface area contributed by atoms with Crippen LogP contribution in [0, 0.1) is 0 Å². The summed E-state index contributed by atoms with van der Waals surface area (Å²) in [5.74, 6) is -0.938. The minimum atomic E-state index is -1.19. The molecule has 1 aliphatic heterocycles. The molecule has 2 heterocycles. The first-order valence-electron chi connectivity index (χ1n) is 8.24. The molecule has 1 aliphatic rings. The van der Waals surface area contributed by atoms with Gasteiger partial charge >= 0.3 is 6.03 Å². The Labute approximate surface area is 159 Å². The highest BCUT2D eigenvalue weighted by atomic mass is 32.1. The maximum atomic E-state index is 12.1. The van der Waals surface area contributed by atoms with E-state index in [-0.39, 0.29) is 24.8 Å². The molecule has 1 fully saturated rings. The largest absolute Gasteiger partial charge is 0.351 e. The molecule has 1 atom stereocenters. The maximum Gasteiger partial charge on any atom is 0.322 e. The third-order valence-electron chi connectivity index (χ3n) is 4.15. The lowest BCUT2D eigenvalue weighted by Crippen LogP contribution is -2.40. The van der Waals surface area contributed by atoms with E-state index in [0.717, 1.165) is 0 Å². The molecule has 0 unspecified atom stereocenters. The van der Waals surface area contributed by atoms with Crippen LogP contribution in [0.5, 0.6) is 0 Å². The van der Waals surface area contributed by atoms with Gasteiger partial charge in [-0.3, -0.25) is 19.7 Å². The second-order valence-electron chi connectivity index (χ2n) is 6.15. The van der Waals surface area contributed by atoms with Gasteiger partial charge < -0.3 is 16.0 Å². The predicted molar refractivity (Wildman–Crippen MR) is 100 cm³/mol. The van der Waals surface area contributed by atoms with E-state index in [1.165, 1.54) is 11.3 Å². The molecule has 0 bridgehead atoms. The van der Waals surface area contributed by atoms with E-state index in [2.05, 4.69) is 21.3 Å². The van der Waals surface area contributed by atoms with Gasteiger partial charge in [-0.15, -0.1) is 11.3 Å². The van der Waals surface area contributed by atoms with Gasteiger partial charge in [0.05, 0.1) is 4.88 Å². The van der Waals surface area contributed by atoms with E-state index in [9.17, 15) is 19.2 Å². The third-order valence-corrected chi connectivity index (χ3v) is 5.02. The first-order valence-corrected chi connectivity index (χ1v) is 9.12. The lowest BCUT2D eigenvalue weighted by molar-refractivity contribution is -0.123. The highest BCUT2D eigenvalue weighted by Crippen LogP contribution is 2.26. The average molecular weight is 386 g/mol. The van der Waals surface area contributed by atoms with Crippen LogP contribution in [-0.4, -0.2) is 30.3 Å². The summed E-state index contributed by atoms with van der Waals surface area (Å²) >= 11 is 1.33. The molecule has 5 amide bonds. The third kappa shape index (κ3) is 4.14. The molecule has 0 saturated carbocycles. The zero-order valence-electron chi connectivity index (χ0n) is 14.5. The van der Waals surface area contributed by atoms with Crippen molar-refractivity contribution in [3.05, 3.63) is 52.2 Å². The van der Waals surface area contributed by atoms with Crippen molar-refractivity contribution in [2.45, 2.75) is 18.9 Å². The van der Waals surface area contributed by atoms with E-state index < -0.39 is 17.5 Å². The fourth-order valence-electron chi connectivity index (χ4n) is 2.66. The summed E-state index contributed by atoms with van der Waals surface area (Å²) in [5, 5.41) is 12.0. The summed E-state index contributed by atoms with van der Waals surface area (Å²) in [7, 11) is 0. The van der Waals surface area contributed by atoms with E-state index in [1.807, 2.05) is 5.38 Å². The number of carbonyl (C=O) groups is 4. The van der Waals surface area contributed by atoms with Crippen LogP contribution in [0.3, 0.4) is 0 Å². The number of urea groups is 1. The molecule has 1 saturated heterocycles. The van der Waals surface area contributed by atoms with Gasteiger partial charge in [-0.1, -0.05) is 18.2 Å². The topological polar surface area (TPSA) is 116 Å². The van der Waals surface area contributed by atoms with Crippen LogP contribution in [0.25, 0.3) is 0 Å². The van der Waals surface area contributed by atoms with Crippen LogP contribution in [0.15, 0.2) is 41.8 Å². The van der Waals surface area contributed by atoms with Crippen LogP contribution in [0.1, 0.15) is 28.6 Å². The summed E-state index contributed by atoms with van der Waals surface area (Å²) in [5.41, 5.74) is -0.140. The number of carbonyl (C=O) groups excluding carboxylic acids is 4. The van der Waals surface area contributed by atoms with Crippen molar-refractivity contribution in [3.63, 3.8) is 0 Å². The highest BCUT2D eigenvalue weighted by molar-refractivity contribution is 7.12. The van der Waals surface area contributed by atoms with Crippen LogP contribution in [0.2, 0.25) is 0 Å². The number of imide groups is 1. The molecular weight excluding hydrogens is 368 g/mol. The number of hydrogen-bond donors (Lipinski definition) is 4. The summed E-state index contributed by atoms with van der Waals surface area (Å²) in [4.78, 5) is 48.0. The number of rotatable bonds is 6. The van der Waals surface area contributed by atoms with Crippen LogP contribution in [-0.2, 0) is 15.1 Å². The van der Waals surface area contributed by atoms with E-state index in [4.69, 9.17) is 0 Å². The Balaban J connectivity index is 1.56. The van der Waals surface area contributed by atoms with Gasteiger partial charge in [0.25, 0.3) is 11.8 Å². The summed E-state index contributed by atoms with van der Waals surface area (Å²) < 4.78 is 0. The van der Waals surface area contributed by atoms with Gasteiger partial charge in [0.15, 0.2) is 0 Å². The molecule has 27 heavy (non-hydrogen) atoms. The first kappa shape index (κ1) is 18.6. The van der Waals surface area contributed by atoms with Crippen LogP contribution in [0.4, 0.5) is 10.5 Å². The predicted octanol–water partition coefficient (Wildman–Crippen LogP) is 1.56. The fraction of sp³-hybridized carbons (Fsp3) is 0.222. The molecule has 3 rings (SSSR count). The minimum Gasteiger partial charge on any atom is -0.351 e. The standard InChI is InChI=1S/C18H18N4O4S/c1-18(16(25)21-17(26)22-18)11-4-2-5-12(10-11)20-14(23)7-8-19-15(24)13-6-3-9-27-13/h2-6,9-10H,7-8H2,1H3,(H,19,24)(H,20,23)(H2,21,22,25,26)/t18-/m1/s1. The van der Waals surface area contributed by atoms with Crippen molar-refractivity contribution in [1.29, 1.82) is 0 Å². The Hall–Kier alpha value is -3.20. The Morgan fingerprint density at radius 2 is 2.00 bits per heavy atom. The van der Waals surface area contributed by atoms with Gasteiger partial charge in [-0.05, 0) is 36.1 Å². The van der Waals surface area contributed by atoms with Crippen molar-refractivity contribution < 1.29 is 19.2 Å². The highest BCUT2D eigenvalue weighted by Gasteiger charge is 2.43. The fourth-order valence-corrected chi connectivity index (χ4v) is 3.30. The molecule has 1 aromatic heterocycles. The van der Waals surface area contributed by atoms with Gasteiger partial charge in [0.2, 0.25) is 5.91 Å². The van der Waals surface area contributed by atoms with Gasteiger partial charge in [0, 0.05) is 18.7 Å². The zero-order valence-corrected chi connectivity index (χ0v) is 15.3. The number of amides is 5. The van der Waals surface area contributed by atoms with Gasteiger partial charge in [0.1, 0.15) is 5.54 Å². The van der Waals surface area contributed by atoms with Crippen LogP contribution < -0.4 is 21.3 Å². The number of thiophene rings is 1. The Morgan fingerprint density at radius 3 is 2.67 bits per heavy atom. The Bertz CT molecular complexity index is 897. The van der Waals surface area contributed by atoms with E-state index in [1.54, 1.807) is 43.3 Å². The molecule has 140 valence electrons. The number of hydrogen-bond acceptors (Lipinski definition) is 5. The lowest BCUT2D eigenvalue weighted by Gasteiger charge is -2.21. The summed E-state index contributed by atoms with van der Waals surface area (Å²) in [6.45, 7) is 1.80. The average Bonchev–Trinajstić information content (AvgIpc) is 3.24. The second-order valence-corrected chi connectivity index (χ2v) is 7.09. The molecule has 2 aromatic rings. The summed E-state index contributed by atoms with van der Waals surface area (Å²) in [6.07, 6.45) is 0.107. The van der Waals surface area contributed by atoms with Crippen molar-refractivity contribution >= 4 is 40.8 Å². The minimum absolute atomic E-state index is 0.107. The monoisotopic (exact) mass is 386 g/mol. The SMILES string of the molecule is C[C@]1(c2cccc(NC(=O)CCNC(=O)c3cccs3)c2)NC(=O)NC1=O. The molecule has 8 nitrogen and oxygen atoms in total. The van der Waals surface area contributed by atoms with Gasteiger partial charge in [-0.2, -0.15) is 0 Å². The zero-order chi connectivity index (χ0) is 19.4. The molecule has 1 aromatic carbocycles. The van der Waals surface area contributed by atoms with Crippen molar-refractivity contribution in [2.75, 3.05) is 11.9 Å². The molecule has 4 N–H and O–H groups in total. The first-order chi connectivity index (χ1) is 12.9. The molecule has 0 radical (unpaired) electrons. The van der Waals surface area contributed by atoms with Gasteiger partial charge in [-0.25, -0.2) is 4.79 Å². The van der Waals surface area contributed by atoms with E-state index >= 15 is 0 Å². The number of nitrogens with one attached hydrogen (secondary N) is 4. The number of benzene rings is 1. The second kappa shape index (κ2) is 7.58. The van der Waals surface area contributed by atoms with Crippen molar-refractivity contribution in [3.8, 4) is 0 Å². The Kier molecular flexibility index (Phi) is 5.22. The van der Waals surface area contributed by atoms with Crippen molar-refractivity contribution in [2.24, 2.45) is 0 Å². The Morgan fingerprint density at radius 1 is 1.19 bits per heavy atom. The van der Waals surface area contributed by atoms with E-state index in [0.29, 0.717) is 16.1 Å². The molecule has 0 aliphatic carbocycles. The smallest absolute Gasteiger partial charge is 0.322 e. The lowest BCUT2D eigenvalue weighted by atomic mass is 9.92. The van der Waals surface area contributed by atoms with Crippen LogP contribution >= 0.6 is 11.3 Å². The molecule has 9 heteroatoms. The summed E-state index contributed by atoms with van der Waals surface area (Å²) in [6, 6.07) is 9.64. The quantitative estimate of drug-likeness (QED) is 0.564. The normalized spacial score (nSPS) is 18.6. The number of anilines is 1. The van der Waals surface area contributed by atoms with Crippen molar-refractivity contribution in [1.82, 2.24) is 16.0 Å².